The van der Waals surface area contributed by atoms with E-state index in [1.807, 2.05) is 12.1 Å². The largest absolute Gasteiger partial charge is 0.444 e. The topological polar surface area (TPSA) is 122 Å². The number of hydrogen-bond donors (Lipinski definition) is 3. The van der Waals surface area contributed by atoms with Gasteiger partial charge in [-0.3, -0.25) is 9.59 Å². The maximum Gasteiger partial charge on any atom is 0.408 e. The normalized spacial score (nSPS) is 17.2. The van der Waals surface area contributed by atoms with Gasteiger partial charge in [0.25, 0.3) is 11.8 Å². The van der Waals surface area contributed by atoms with Gasteiger partial charge >= 0.3 is 6.09 Å². The summed E-state index contributed by atoms with van der Waals surface area (Å²) in [7, 11) is 0. The molecule has 0 atom stereocenters. The van der Waals surface area contributed by atoms with Crippen LogP contribution < -0.4 is 16.0 Å². The van der Waals surface area contributed by atoms with Crippen molar-refractivity contribution in [3.8, 4) is 0 Å². The molecular formula is C26H33N5O4. The molecule has 0 aliphatic heterocycles. The number of ether oxygens (including phenoxy) is 1. The average molecular weight is 480 g/mol. The molecule has 0 saturated heterocycles. The van der Waals surface area contributed by atoms with Crippen LogP contribution in [-0.4, -0.2) is 45.1 Å². The minimum Gasteiger partial charge on any atom is -0.444 e. The number of nitrogens with one attached hydrogen (secondary N) is 3. The van der Waals surface area contributed by atoms with Crippen LogP contribution in [0.2, 0.25) is 0 Å². The minimum atomic E-state index is -1.14. The monoisotopic (exact) mass is 479 g/mol. The molecule has 3 N–H and O–H groups in total. The number of carbonyl (C=O) groups is 3. The fourth-order valence-corrected chi connectivity index (χ4v) is 4.80. The van der Waals surface area contributed by atoms with Crippen LogP contribution in [0.15, 0.2) is 36.7 Å². The molecule has 0 spiro atoms. The first-order valence-corrected chi connectivity index (χ1v) is 12.2. The summed E-state index contributed by atoms with van der Waals surface area (Å²) in [5.74, 6) is -0.753. The highest BCUT2D eigenvalue weighted by Gasteiger charge is 2.42. The molecule has 186 valence electrons. The van der Waals surface area contributed by atoms with Gasteiger partial charge in [-0.2, -0.15) is 0 Å². The van der Waals surface area contributed by atoms with Gasteiger partial charge < -0.3 is 20.7 Å². The molecule has 9 nitrogen and oxygen atoms in total. The van der Waals surface area contributed by atoms with Gasteiger partial charge in [-0.1, -0.05) is 43.5 Å². The van der Waals surface area contributed by atoms with Crippen LogP contribution >= 0.6 is 0 Å². The van der Waals surface area contributed by atoms with Gasteiger partial charge in [-0.25, -0.2) is 14.8 Å². The van der Waals surface area contributed by atoms with Gasteiger partial charge in [-0.05, 0) is 57.6 Å². The number of nitrogens with zero attached hydrogens (tertiary/aromatic N) is 2. The van der Waals surface area contributed by atoms with Gasteiger partial charge in [0.05, 0.1) is 0 Å². The van der Waals surface area contributed by atoms with Crippen molar-refractivity contribution in [3.63, 3.8) is 0 Å². The van der Waals surface area contributed by atoms with Crippen molar-refractivity contribution in [2.45, 2.75) is 82.9 Å². The van der Waals surface area contributed by atoms with E-state index >= 15 is 0 Å². The molecule has 3 amide bonds. The van der Waals surface area contributed by atoms with Crippen LogP contribution in [0, 0.1) is 0 Å². The second-order valence-corrected chi connectivity index (χ2v) is 10.3. The third kappa shape index (κ3) is 5.96. The van der Waals surface area contributed by atoms with Crippen molar-refractivity contribution in [1.29, 1.82) is 0 Å². The zero-order valence-corrected chi connectivity index (χ0v) is 20.5. The number of hydrogen-bond acceptors (Lipinski definition) is 6. The molecule has 9 heteroatoms. The molecule has 2 aliphatic carbocycles. The fourth-order valence-electron chi connectivity index (χ4n) is 4.80. The van der Waals surface area contributed by atoms with E-state index in [-0.39, 0.29) is 17.6 Å². The SMILES string of the molecule is CC(C)(C)OC(=O)NC1(C(=O)Nc2nccnc2C(=O)NC2Cc3ccccc3C2)CCCCC1. The van der Waals surface area contributed by atoms with Crippen LogP contribution in [0.3, 0.4) is 0 Å². The maximum absolute atomic E-state index is 13.5. The Morgan fingerprint density at radius 2 is 1.60 bits per heavy atom. The van der Waals surface area contributed by atoms with Crippen LogP contribution in [0.5, 0.6) is 0 Å². The highest BCUT2D eigenvalue weighted by molar-refractivity contribution is 6.04. The lowest BCUT2D eigenvalue weighted by molar-refractivity contribution is -0.123. The average Bonchev–Trinajstić information content (AvgIpc) is 3.21. The van der Waals surface area contributed by atoms with E-state index in [2.05, 4.69) is 38.1 Å². The molecule has 1 fully saturated rings. The lowest BCUT2D eigenvalue weighted by Gasteiger charge is -2.36. The first kappa shape index (κ1) is 24.6. The minimum absolute atomic E-state index is 0.0417. The van der Waals surface area contributed by atoms with Crippen LogP contribution in [0.4, 0.5) is 10.6 Å². The summed E-state index contributed by atoms with van der Waals surface area (Å²) >= 11 is 0. The number of benzene rings is 1. The summed E-state index contributed by atoms with van der Waals surface area (Å²) in [6.45, 7) is 5.31. The molecule has 2 aliphatic rings. The van der Waals surface area contributed by atoms with E-state index in [4.69, 9.17) is 4.74 Å². The van der Waals surface area contributed by atoms with E-state index in [0.717, 1.165) is 32.1 Å². The van der Waals surface area contributed by atoms with E-state index < -0.39 is 29.0 Å². The smallest absolute Gasteiger partial charge is 0.408 e. The van der Waals surface area contributed by atoms with Gasteiger partial charge in [0.15, 0.2) is 11.5 Å². The number of alkyl carbamates (subject to hydrolysis) is 1. The van der Waals surface area contributed by atoms with E-state index in [9.17, 15) is 14.4 Å². The van der Waals surface area contributed by atoms with E-state index in [1.54, 1.807) is 20.8 Å². The number of aromatic nitrogens is 2. The van der Waals surface area contributed by atoms with Gasteiger partial charge in [0.1, 0.15) is 11.1 Å². The first-order chi connectivity index (χ1) is 16.7. The Morgan fingerprint density at radius 3 is 2.23 bits per heavy atom. The summed E-state index contributed by atoms with van der Waals surface area (Å²) < 4.78 is 5.41. The van der Waals surface area contributed by atoms with Crippen LogP contribution in [-0.2, 0) is 22.4 Å². The Labute approximate surface area is 205 Å². The van der Waals surface area contributed by atoms with Crippen molar-refractivity contribution >= 4 is 23.7 Å². The molecule has 0 bridgehead atoms. The third-order valence-corrected chi connectivity index (χ3v) is 6.41. The molecule has 0 unspecified atom stereocenters. The molecule has 1 aromatic heterocycles. The standard InChI is InChI=1S/C26H33N5O4/c1-25(2,3)35-24(34)31-26(11-7-4-8-12-26)23(33)30-21-20(27-13-14-28-21)22(32)29-19-15-17-9-5-6-10-18(17)16-19/h5-6,9-10,13-14,19H,4,7-8,11-12,15-16H2,1-3H3,(H,29,32)(H,31,34)(H,28,30,33). The summed E-state index contributed by atoms with van der Waals surface area (Å²) in [5.41, 5.74) is 0.654. The Kier molecular flexibility index (Phi) is 7.05. The van der Waals surface area contributed by atoms with E-state index in [1.165, 1.54) is 23.5 Å². The van der Waals surface area contributed by atoms with Crippen molar-refractivity contribution < 1.29 is 19.1 Å². The lowest BCUT2D eigenvalue weighted by atomic mass is 9.81. The van der Waals surface area contributed by atoms with Gasteiger partial charge in [-0.15, -0.1) is 0 Å². The summed E-state index contributed by atoms with van der Waals surface area (Å²) in [5, 5.41) is 8.59. The van der Waals surface area contributed by atoms with Crippen molar-refractivity contribution in [3.05, 3.63) is 53.5 Å². The molecular weight excluding hydrogens is 446 g/mol. The zero-order chi connectivity index (χ0) is 25.1. The highest BCUT2D eigenvalue weighted by Crippen LogP contribution is 2.30. The number of amides is 3. The number of fused-ring (bicyclic) bond motifs is 1. The predicted octanol–water partition coefficient (Wildman–Crippen LogP) is 3.54. The van der Waals surface area contributed by atoms with Crippen molar-refractivity contribution in [2.75, 3.05) is 5.32 Å². The van der Waals surface area contributed by atoms with Crippen molar-refractivity contribution in [2.24, 2.45) is 0 Å². The molecule has 4 rings (SSSR count). The molecule has 1 saturated carbocycles. The Hall–Kier alpha value is -3.49. The Morgan fingerprint density at radius 1 is 0.971 bits per heavy atom. The summed E-state index contributed by atoms with van der Waals surface area (Å²) in [6, 6.07) is 8.06. The molecule has 0 radical (unpaired) electrons. The number of anilines is 1. The fraction of sp³-hybridized carbons (Fsp3) is 0.500. The molecule has 1 heterocycles. The number of rotatable bonds is 5. The number of carbonyl (C=O) groups excluding carboxylic acids is 3. The predicted molar refractivity (Wildman–Crippen MR) is 131 cm³/mol. The molecule has 2 aromatic rings. The summed E-state index contributed by atoms with van der Waals surface area (Å²) in [4.78, 5) is 47.5. The second kappa shape index (κ2) is 10.0. The Bertz CT molecular complexity index is 1080. The Balaban J connectivity index is 1.48. The van der Waals surface area contributed by atoms with Gasteiger partial charge in [0.2, 0.25) is 0 Å². The molecule has 1 aromatic carbocycles. The first-order valence-electron chi connectivity index (χ1n) is 12.2. The quantitative estimate of drug-likeness (QED) is 0.603. The highest BCUT2D eigenvalue weighted by atomic mass is 16.6. The second-order valence-electron chi connectivity index (χ2n) is 10.3. The van der Waals surface area contributed by atoms with Crippen LogP contribution in [0.1, 0.15) is 74.5 Å². The lowest BCUT2D eigenvalue weighted by Crippen LogP contribution is -2.58. The summed E-state index contributed by atoms with van der Waals surface area (Å²) in [6.07, 6.45) is 7.19. The maximum atomic E-state index is 13.5. The molecule has 35 heavy (non-hydrogen) atoms. The van der Waals surface area contributed by atoms with Crippen LogP contribution in [0.25, 0.3) is 0 Å². The zero-order valence-electron chi connectivity index (χ0n) is 20.5. The van der Waals surface area contributed by atoms with Gasteiger partial charge in [0, 0.05) is 18.4 Å². The van der Waals surface area contributed by atoms with Crippen molar-refractivity contribution in [1.82, 2.24) is 20.6 Å². The third-order valence-electron chi connectivity index (χ3n) is 6.41. The van der Waals surface area contributed by atoms with E-state index in [0.29, 0.717) is 12.8 Å².